The fourth-order valence-corrected chi connectivity index (χ4v) is 11.8. The van der Waals surface area contributed by atoms with Crippen molar-refractivity contribution in [1.29, 1.82) is 0 Å². The van der Waals surface area contributed by atoms with Crippen LogP contribution < -0.4 is 0 Å². The highest BCUT2D eigenvalue weighted by Crippen LogP contribution is 2.48. The zero-order valence-corrected chi connectivity index (χ0v) is 50.8. The van der Waals surface area contributed by atoms with Crippen LogP contribution in [0.5, 0.6) is 0 Å². The van der Waals surface area contributed by atoms with Crippen molar-refractivity contribution in [3.63, 3.8) is 0 Å². The van der Waals surface area contributed by atoms with Gasteiger partial charge in [0, 0.05) is 39.1 Å². The Bertz CT molecular complexity index is 4520. The largest absolute Gasteiger partial charge is 0.309 e. The molecule has 0 fully saturated rings. The van der Waals surface area contributed by atoms with E-state index >= 15 is 0 Å². The van der Waals surface area contributed by atoms with Crippen LogP contribution in [0.4, 0.5) is 0 Å². The molecule has 0 amide bonds. The van der Waals surface area contributed by atoms with Crippen molar-refractivity contribution in [3.05, 3.63) is 334 Å². The first-order valence-electron chi connectivity index (χ1n) is 29.1. The van der Waals surface area contributed by atoms with Gasteiger partial charge in [-0.25, -0.2) is 0 Å². The molecule has 16 rings (SSSR count). The summed E-state index contributed by atoms with van der Waals surface area (Å²) in [7, 11) is 0. The monoisotopic (exact) mass is 1110 g/mol. The molecule has 3 heteroatoms. The maximum atomic E-state index is 3.88. The predicted octanol–water partition coefficient (Wildman–Crippen LogP) is 22.9. The number of thiophene rings is 1. The lowest BCUT2D eigenvalue weighted by Gasteiger charge is -2.21. The van der Waals surface area contributed by atoms with Crippen molar-refractivity contribution < 1.29 is 0 Å². The molecular weight excluding hydrogens is 1030 g/mol. The number of rotatable bonds is 1. The number of pyridine rings is 1. The summed E-state index contributed by atoms with van der Waals surface area (Å²) in [6.45, 7) is 19.5. The second kappa shape index (κ2) is 26.7. The third-order valence-electron chi connectivity index (χ3n) is 15.6. The van der Waals surface area contributed by atoms with Gasteiger partial charge >= 0.3 is 0 Å². The summed E-state index contributed by atoms with van der Waals surface area (Å²) < 4.78 is 2.34. The van der Waals surface area contributed by atoms with E-state index in [0.717, 1.165) is 0 Å². The van der Waals surface area contributed by atoms with Gasteiger partial charge in [-0.1, -0.05) is 261 Å². The summed E-state index contributed by atoms with van der Waals surface area (Å²) in [5, 5.41) is 15.6. The molecule has 0 atom stereocenters. The number of aryl methyl sites for hydroxylation is 7. The van der Waals surface area contributed by atoms with Crippen LogP contribution >= 0.6 is 11.3 Å². The minimum atomic E-state index is 0.151. The number of hydrogen-bond donors (Lipinski definition) is 0. The fourth-order valence-electron chi connectivity index (χ4n) is 11.3. The highest BCUT2D eigenvalue weighted by Gasteiger charge is 2.34. The number of hydrogen-bond acceptors (Lipinski definition) is 2. The van der Waals surface area contributed by atoms with Crippen LogP contribution in [0.25, 0.3) is 81.7 Å². The lowest BCUT2D eigenvalue weighted by molar-refractivity contribution is 0.660. The number of fused-ring (bicyclic) bond motifs is 7. The topological polar surface area (TPSA) is 17.8 Å². The van der Waals surface area contributed by atoms with Crippen molar-refractivity contribution in [2.45, 2.75) is 67.7 Å². The average Bonchev–Trinajstić information content (AvgIpc) is 2.73. The molecule has 15 aromatic rings. The Morgan fingerprint density at radius 3 is 1.57 bits per heavy atom. The summed E-state index contributed by atoms with van der Waals surface area (Å²) in [5.74, 6) is 0. The maximum Gasteiger partial charge on any atom is 0.0541 e. The van der Waals surface area contributed by atoms with Crippen LogP contribution in [-0.2, 0) is 5.41 Å². The first-order chi connectivity index (χ1) is 40.8. The normalized spacial score (nSPS) is 11.5. The van der Waals surface area contributed by atoms with Gasteiger partial charge < -0.3 is 4.57 Å². The molecule has 0 spiro atoms. The van der Waals surface area contributed by atoms with E-state index in [2.05, 4.69) is 307 Å². The molecule has 0 bridgehead atoms. The van der Waals surface area contributed by atoms with Crippen LogP contribution in [-0.4, -0.2) is 9.55 Å². The lowest BCUT2D eigenvalue weighted by atomic mass is 9.82. The first-order valence-corrected chi connectivity index (χ1v) is 29.9. The second-order valence-electron chi connectivity index (χ2n) is 22.4. The highest BCUT2D eigenvalue weighted by molar-refractivity contribution is 7.09. The molecule has 0 saturated carbocycles. The van der Waals surface area contributed by atoms with E-state index in [4.69, 9.17) is 0 Å². The van der Waals surface area contributed by atoms with E-state index < -0.39 is 0 Å². The van der Waals surface area contributed by atoms with Crippen molar-refractivity contribution in [2.75, 3.05) is 0 Å². The van der Waals surface area contributed by atoms with E-state index in [-0.39, 0.29) is 5.41 Å². The summed E-state index contributed by atoms with van der Waals surface area (Å²) in [6.07, 6.45) is 3.60. The Hall–Kier alpha value is -9.41. The van der Waals surface area contributed by atoms with Crippen molar-refractivity contribution in [2.24, 2.45) is 0 Å². The molecule has 0 radical (unpaired) electrons. The lowest BCUT2D eigenvalue weighted by Crippen LogP contribution is -2.14. The Morgan fingerprint density at radius 2 is 0.905 bits per heavy atom. The van der Waals surface area contributed by atoms with Gasteiger partial charge in [0.2, 0.25) is 0 Å². The summed E-state index contributed by atoms with van der Waals surface area (Å²) >= 11 is 1.78. The Kier molecular flexibility index (Phi) is 18.4. The van der Waals surface area contributed by atoms with Crippen LogP contribution in [0.1, 0.15) is 63.2 Å². The number of para-hydroxylation sites is 2. The number of benzene rings is 12. The molecule has 0 N–H and O–H groups in total. The van der Waals surface area contributed by atoms with Gasteiger partial charge in [-0.15, -0.1) is 11.3 Å². The predicted molar refractivity (Wildman–Crippen MR) is 367 cm³/mol. The Labute approximate surface area is 501 Å². The molecule has 84 heavy (non-hydrogen) atoms. The molecule has 1 aliphatic rings. The molecule has 3 aromatic heterocycles. The van der Waals surface area contributed by atoms with E-state index in [0.29, 0.717) is 0 Å². The quantitative estimate of drug-likeness (QED) is 0.150. The van der Waals surface area contributed by atoms with Gasteiger partial charge in [0.05, 0.1) is 11.0 Å². The molecular formula is C81H74N2S. The van der Waals surface area contributed by atoms with Crippen LogP contribution in [0.2, 0.25) is 0 Å². The van der Waals surface area contributed by atoms with Gasteiger partial charge in [0.25, 0.3) is 0 Å². The molecule has 12 aromatic carbocycles. The fraction of sp³-hybridized carbons (Fsp3) is 0.123. The SMILES string of the molecule is Cc1ccc2c(c1)C(C)(C)c1ccccc1-2.Cc1ccc2c(c1)c1ccccc1n2-c1ccccc1.Cc1ccc2ccc3cccc4ccc1c2c34.Cc1ccc2ccccc2c1.Cc1ccccc1.Cc1cccnc1.Cc1cccs1. The molecule has 0 aliphatic heterocycles. The first kappa shape index (κ1) is 57.8. The smallest absolute Gasteiger partial charge is 0.0541 e. The summed E-state index contributed by atoms with van der Waals surface area (Å²) in [5.41, 5.74) is 17.5. The third kappa shape index (κ3) is 13.4. The minimum Gasteiger partial charge on any atom is -0.309 e. The molecule has 1 aliphatic carbocycles. The zero-order chi connectivity index (χ0) is 58.6. The standard InChI is InChI=1S/C19H15N.C17H12.C16H16.C11H10.C7H8.C6H7N.C5H6S/c1-14-11-12-19-17(13-14)16-9-5-6-10-18(16)20(19)15-7-3-2-4-8-15;1-11-5-6-14-8-7-12-3-2-4-13-9-10-15(11)17(14)16(12)13;1-11-8-9-13-12-6-4-5-7-14(12)16(2,3)15(13)10-11;1-9-6-7-10-4-2-3-5-11(10)8-9;1-7-5-3-2-4-6-7;1-6-3-2-4-7-5-6;1-5-3-2-4-6-5/h2-13H,1H3;2-10H,1H3;4-10H,1-3H3;2-8H,1H3;2-6H,1H3;2-5H,1H3;2-4H,1H3. The van der Waals surface area contributed by atoms with Gasteiger partial charge in [0.15, 0.2) is 0 Å². The van der Waals surface area contributed by atoms with Gasteiger partial charge in [-0.2, -0.15) is 0 Å². The molecule has 414 valence electrons. The second-order valence-corrected chi connectivity index (χ2v) is 23.6. The van der Waals surface area contributed by atoms with Gasteiger partial charge in [-0.3, -0.25) is 4.98 Å². The van der Waals surface area contributed by atoms with E-state index in [1.807, 2.05) is 43.5 Å². The number of aromatic nitrogens is 2. The van der Waals surface area contributed by atoms with Gasteiger partial charge in [-0.05, 0) is 173 Å². The van der Waals surface area contributed by atoms with Crippen molar-refractivity contribution in [3.8, 4) is 16.8 Å². The molecule has 0 saturated heterocycles. The average molecular weight is 1110 g/mol. The Balaban J connectivity index is 0.000000114. The van der Waals surface area contributed by atoms with E-state index in [1.165, 1.54) is 131 Å². The van der Waals surface area contributed by atoms with Crippen LogP contribution in [0, 0.1) is 48.5 Å². The van der Waals surface area contributed by atoms with Crippen molar-refractivity contribution in [1.82, 2.24) is 9.55 Å². The zero-order valence-electron chi connectivity index (χ0n) is 49.9. The highest BCUT2D eigenvalue weighted by atomic mass is 32.1. The third-order valence-corrected chi connectivity index (χ3v) is 16.4. The van der Waals surface area contributed by atoms with Crippen LogP contribution in [0.3, 0.4) is 0 Å². The number of nitrogens with zero attached hydrogens (tertiary/aromatic N) is 2. The van der Waals surface area contributed by atoms with Crippen LogP contribution in [0.15, 0.2) is 285 Å². The molecule has 2 nitrogen and oxygen atoms in total. The van der Waals surface area contributed by atoms with E-state index in [9.17, 15) is 0 Å². The minimum absolute atomic E-state index is 0.151. The molecule has 3 heterocycles. The van der Waals surface area contributed by atoms with E-state index in [1.54, 1.807) is 17.5 Å². The maximum absolute atomic E-state index is 3.88. The van der Waals surface area contributed by atoms with Crippen molar-refractivity contribution >= 4 is 76.2 Å². The van der Waals surface area contributed by atoms with Gasteiger partial charge in [0.1, 0.15) is 0 Å². The summed E-state index contributed by atoms with van der Waals surface area (Å²) in [4.78, 5) is 5.27. The Morgan fingerprint density at radius 1 is 0.345 bits per heavy atom. The summed E-state index contributed by atoms with van der Waals surface area (Å²) in [6, 6.07) is 94.6. The molecule has 0 unspecified atom stereocenters.